The topological polar surface area (TPSA) is 66.1 Å². The number of rotatable bonds is 5. The van der Waals surface area contributed by atoms with Gasteiger partial charge < -0.3 is 4.74 Å². The summed E-state index contributed by atoms with van der Waals surface area (Å²) in [5.74, 6) is -0.640. The predicted molar refractivity (Wildman–Crippen MR) is 74.5 cm³/mol. The highest BCUT2D eigenvalue weighted by Crippen LogP contribution is 2.20. The van der Waals surface area contributed by atoms with Crippen LogP contribution in [0.4, 0.5) is 13.2 Å². The zero-order valence-corrected chi connectivity index (χ0v) is 12.2. The van der Waals surface area contributed by atoms with Crippen LogP contribution in [-0.2, 0) is 11.3 Å². The van der Waals surface area contributed by atoms with E-state index in [1.807, 2.05) is 0 Å². The van der Waals surface area contributed by atoms with E-state index in [4.69, 9.17) is 4.74 Å². The second kappa shape index (κ2) is 6.67. The molecule has 23 heavy (non-hydrogen) atoms. The van der Waals surface area contributed by atoms with Crippen LogP contribution in [-0.4, -0.2) is 33.1 Å². The smallest absolute Gasteiger partial charge is 0.390 e. The number of halogens is 3. The first-order chi connectivity index (χ1) is 10.8. The number of carbonyl (C=O) groups is 1. The average Bonchev–Trinajstić information content (AvgIpc) is 2.93. The lowest BCUT2D eigenvalue weighted by Gasteiger charge is -2.12. The molecule has 9 heteroatoms. The van der Waals surface area contributed by atoms with Crippen molar-refractivity contribution in [3.05, 3.63) is 46.5 Å². The van der Waals surface area contributed by atoms with Crippen LogP contribution in [0.1, 0.15) is 23.7 Å². The summed E-state index contributed by atoms with van der Waals surface area (Å²) in [5.41, 5.74) is -0.877. The Bertz CT molecular complexity index is 749. The Kier molecular flexibility index (Phi) is 4.87. The Hall–Kier alpha value is -2.58. The van der Waals surface area contributed by atoms with E-state index in [1.54, 1.807) is 6.92 Å². The molecule has 0 aromatic carbocycles. The van der Waals surface area contributed by atoms with Gasteiger partial charge in [-0.2, -0.15) is 18.3 Å². The summed E-state index contributed by atoms with van der Waals surface area (Å²) in [7, 11) is 0. The molecule has 0 saturated heterocycles. The molecule has 0 aliphatic carbocycles. The number of nitrogens with zero attached hydrogens (tertiary/aromatic N) is 3. The van der Waals surface area contributed by atoms with Gasteiger partial charge in [0.15, 0.2) is 0 Å². The van der Waals surface area contributed by atoms with Crippen LogP contribution in [0.5, 0.6) is 0 Å². The normalized spacial score (nSPS) is 11.5. The van der Waals surface area contributed by atoms with Gasteiger partial charge in [-0.1, -0.05) is 0 Å². The zero-order chi connectivity index (χ0) is 17.0. The minimum atomic E-state index is -4.33. The van der Waals surface area contributed by atoms with Gasteiger partial charge >= 0.3 is 12.1 Å². The van der Waals surface area contributed by atoms with Crippen LogP contribution in [0.3, 0.4) is 0 Å². The summed E-state index contributed by atoms with van der Waals surface area (Å²) >= 11 is 0. The molecular weight excluding hydrogens is 315 g/mol. The van der Waals surface area contributed by atoms with Crippen molar-refractivity contribution in [2.75, 3.05) is 6.61 Å². The maximum atomic E-state index is 12.3. The maximum absolute atomic E-state index is 12.3. The molecule has 0 aliphatic heterocycles. The summed E-state index contributed by atoms with van der Waals surface area (Å²) in [4.78, 5) is 24.1. The average molecular weight is 329 g/mol. The van der Waals surface area contributed by atoms with Crippen molar-refractivity contribution < 1.29 is 22.7 Å². The fourth-order valence-corrected chi connectivity index (χ4v) is 1.97. The second-order valence-corrected chi connectivity index (χ2v) is 4.60. The van der Waals surface area contributed by atoms with Crippen molar-refractivity contribution in [3.8, 4) is 5.82 Å². The molecule has 2 heterocycles. The highest BCUT2D eigenvalue weighted by molar-refractivity contribution is 5.88. The molecule has 0 aliphatic rings. The summed E-state index contributed by atoms with van der Waals surface area (Å²) < 4.78 is 43.9. The number of pyridine rings is 1. The first-order valence-corrected chi connectivity index (χ1v) is 6.81. The quantitative estimate of drug-likeness (QED) is 0.789. The number of ether oxygens (including phenoxy) is 1. The summed E-state index contributed by atoms with van der Waals surface area (Å²) in [6, 6.07) is 4.13. The minimum absolute atomic E-state index is 0.108. The number of hydrogen-bond donors (Lipinski definition) is 0. The number of esters is 1. The molecule has 0 amide bonds. The largest absolute Gasteiger partial charge is 0.462 e. The molecular formula is C14H14F3N3O3. The van der Waals surface area contributed by atoms with E-state index in [1.165, 1.54) is 30.6 Å². The number of hydrogen-bond acceptors (Lipinski definition) is 4. The first-order valence-electron chi connectivity index (χ1n) is 6.81. The van der Waals surface area contributed by atoms with Gasteiger partial charge in [-0.15, -0.1) is 0 Å². The van der Waals surface area contributed by atoms with Gasteiger partial charge in [-0.3, -0.25) is 9.36 Å². The summed E-state index contributed by atoms with van der Waals surface area (Å²) in [6.45, 7) is 1.28. The SMILES string of the molecule is CCOC(=O)c1cccn(-c2ccnn2CCC(F)(F)F)c1=O. The van der Waals surface area contributed by atoms with E-state index in [0.717, 1.165) is 9.25 Å². The van der Waals surface area contributed by atoms with Crippen LogP contribution in [0.25, 0.3) is 5.82 Å². The lowest BCUT2D eigenvalue weighted by Crippen LogP contribution is -2.27. The summed E-state index contributed by atoms with van der Waals surface area (Å²) in [5, 5.41) is 3.79. The number of carbonyl (C=O) groups excluding carboxylic acids is 1. The van der Waals surface area contributed by atoms with Crippen molar-refractivity contribution >= 4 is 5.97 Å². The van der Waals surface area contributed by atoms with E-state index in [9.17, 15) is 22.8 Å². The second-order valence-electron chi connectivity index (χ2n) is 4.60. The van der Waals surface area contributed by atoms with Crippen LogP contribution >= 0.6 is 0 Å². The van der Waals surface area contributed by atoms with E-state index in [-0.39, 0.29) is 18.0 Å². The molecule has 0 saturated carbocycles. The van der Waals surface area contributed by atoms with E-state index in [0.29, 0.717) is 0 Å². The lowest BCUT2D eigenvalue weighted by atomic mass is 10.3. The Labute approximate surface area is 129 Å². The number of aromatic nitrogens is 3. The number of alkyl halides is 3. The Balaban J connectivity index is 2.37. The van der Waals surface area contributed by atoms with E-state index in [2.05, 4.69) is 5.10 Å². The zero-order valence-electron chi connectivity index (χ0n) is 12.2. The minimum Gasteiger partial charge on any atom is -0.462 e. The molecule has 6 nitrogen and oxygen atoms in total. The molecule has 0 spiro atoms. The highest BCUT2D eigenvalue weighted by atomic mass is 19.4. The van der Waals surface area contributed by atoms with Crippen molar-refractivity contribution in [1.82, 2.24) is 14.3 Å². The third-order valence-corrected chi connectivity index (χ3v) is 2.99. The highest BCUT2D eigenvalue weighted by Gasteiger charge is 2.27. The molecule has 2 aromatic rings. The molecule has 2 rings (SSSR count). The Morgan fingerprint density at radius 3 is 2.74 bits per heavy atom. The van der Waals surface area contributed by atoms with Gasteiger partial charge in [0.1, 0.15) is 11.4 Å². The third-order valence-electron chi connectivity index (χ3n) is 2.99. The van der Waals surface area contributed by atoms with E-state index >= 15 is 0 Å². The third kappa shape index (κ3) is 3.99. The molecule has 0 atom stereocenters. The van der Waals surface area contributed by atoms with Crippen LogP contribution in [0.15, 0.2) is 35.4 Å². The molecule has 0 N–H and O–H groups in total. The first kappa shape index (κ1) is 16.8. The predicted octanol–water partition coefficient (Wildman–Crippen LogP) is 2.16. The molecule has 0 bridgehead atoms. The van der Waals surface area contributed by atoms with Gasteiger partial charge in [0.05, 0.1) is 25.8 Å². The number of aryl methyl sites for hydroxylation is 1. The Morgan fingerprint density at radius 2 is 2.09 bits per heavy atom. The summed E-state index contributed by atoms with van der Waals surface area (Å²) in [6.07, 6.45) is -2.77. The van der Waals surface area contributed by atoms with Gasteiger partial charge in [0, 0.05) is 12.3 Å². The molecule has 2 aromatic heterocycles. The monoisotopic (exact) mass is 329 g/mol. The lowest BCUT2D eigenvalue weighted by molar-refractivity contribution is -0.137. The fraction of sp³-hybridized carbons (Fsp3) is 0.357. The van der Waals surface area contributed by atoms with Gasteiger partial charge in [0.25, 0.3) is 5.56 Å². The van der Waals surface area contributed by atoms with E-state index < -0.39 is 30.7 Å². The van der Waals surface area contributed by atoms with Gasteiger partial charge in [-0.25, -0.2) is 9.48 Å². The van der Waals surface area contributed by atoms with Crippen LogP contribution in [0.2, 0.25) is 0 Å². The van der Waals surface area contributed by atoms with Crippen molar-refractivity contribution in [3.63, 3.8) is 0 Å². The van der Waals surface area contributed by atoms with Gasteiger partial charge in [0.2, 0.25) is 0 Å². The fourth-order valence-electron chi connectivity index (χ4n) is 1.97. The van der Waals surface area contributed by atoms with Crippen LogP contribution in [0, 0.1) is 0 Å². The molecule has 0 radical (unpaired) electrons. The van der Waals surface area contributed by atoms with Crippen molar-refractivity contribution in [2.24, 2.45) is 0 Å². The van der Waals surface area contributed by atoms with Gasteiger partial charge in [-0.05, 0) is 19.1 Å². The molecule has 0 fully saturated rings. The molecule has 124 valence electrons. The van der Waals surface area contributed by atoms with Crippen molar-refractivity contribution in [1.29, 1.82) is 0 Å². The van der Waals surface area contributed by atoms with Crippen LogP contribution < -0.4 is 5.56 Å². The van der Waals surface area contributed by atoms with Crippen molar-refractivity contribution in [2.45, 2.75) is 26.1 Å². The standard InChI is InChI=1S/C14H14F3N3O3/c1-2-23-13(22)10-4-3-8-19(12(10)21)11-5-7-18-20(11)9-6-14(15,16)17/h3-5,7-8H,2,6,9H2,1H3. The Morgan fingerprint density at radius 1 is 1.35 bits per heavy atom. The molecule has 0 unspecified atom stereocenters. The maximum Gasteiger partial charge on any atom is 0.390 e.